The minimum atomic E-state index is -4.60. The van der Waals surface area contributed by atoms with Crippen LogP contribution in [0.1, 0.15) is 11.6 Å². The molecular formula is C6H4F3I2NO2V. The number of aryl methyl sites for hydroxylation is 1. The average Bonchev–Trinajstić information content (AvgIpc) is 2.01. The van der Waals surface area contributed by atoms with Gasteiger partial charge in [-0.1, -0.05) is 0 Å². The van der Waals surface area contributed by atoms with Gasteiger partial charge in [0.2, 0.25) is 0 Å². The van der Waals surface area contributed by atoms with Gasteiger partial charge in [-0.2, -0.15) is 13.2 Å². The summed E-state index contributed by atoms with van der Waals surface area (Å²) in [6, 6.07) is 0.312. The van der Waals surface area contributed by atoms with Crippen LogP contribution in [0.5, 0.6) is 0 Å². The summed E-state index contributed by atoms with van der Waals surface area (Å²) < 4.78 is 40.0. The second-order valence-electron chi connectivity index (χ2n) is 2.14. The van der Waals surface area contributed by atoms with E-state index in [1.165, 1.54) is 6.92 Å². The Morgan fingerprint density at radius 2 is 1.93 bits per heavy atom. The molecule has 0 aliphatic rings. The Labute approximate surface area is 112 Å². The molecule has 0 aliphatic carbocycles. The number of halogens is 5. The van der Waals surface area contributed by atoms with Gasteiger partial charge in [0.15, 0.2) is 11.6 Å². The molecule has 0 atom stereocenters. The van der Waals surface area contributed by atoms with Crippen LogP contribution in [0.2, 0.25) is 0 Å². The zero-order chi connectivity index (χ0) is 12.1. The maximum absolute atomic E-state index is 11.9. The molecule has 0 unspecified atom stereocenters. The summed E-state index contributed by atoms with van der Waals surface area (Å²) in [7, 11) is 0.628. The van der Waals surface area contributed by atoms with E-state index in [2.05, 4.69) is 49.4 Å². The molecule has 3 nitrogen and oxygen atoms in total. The van der Waals surface area contributed by atoms with E-state index in [0.29, 0.717) is 15.5 Å². The van der Waals surface area contributed by atoms with E-state index in [-0.39, 0.29) is 5.89 Å². The summed E-state index contributed by atoms with van der Waals surface area (Å²) in [6.07, 6.45) is -4.60. The van der Waals surface area contributed by atoms with Crippen LogP contribution in [0.15, 0.2) is 15.3 Å². The van der Waals surface area contributed by atoms with Crippen molar-refractivity contribution in [1.82, 2.24) is 4.98 Å². The van der Waals surface area contributed by atoms with E-state index in [1.807, 2.05) is 0 Å². The predicted octanol–water partition coefficient (Wildman–Crippen LogP) is 3.13. The molecule has 0 bridgehead atoms. The standard InChI is InChI=1S/C6H4F3NO2.2HI.V/c1-3-10-4(6(7,8)9)2-5(11)12-3;;;/h2H,1H3;2*1H;/q;;;+2/p-2. The van der Waals surface area contributed by atoms with Crippen molar-refractivity contribution in [2.75, 3.05) is 0 Å². The van der Waals surface area contributed by atoms with Crippen molar-refractivity contribution in [3.05, 3.63) is 28.1 Å². The number of rotatable bonds is 0. The average molecular weight is 484 g/mol. The van der Waals surface area contributed by atoms with E-state index < -0.39 is 17.5 Å². The molecule has 1 aromatic rings. The molecule has 9 heteroatoms. The summed E-state index contributed by atoms with van der Waals surface area (Å²) in [5.41, 5.74) is -2.27. The molecule has 0 aromatic carbocycles. The SMILES string of the molecule is Cc1nc(C(F)(F)F)cc(=O)o1.[I][V][I]. The van der Waals surface area contributed by atoms with Crippen LogP contribution in [0.25, 0.3) is 0 Å². The first-order valence-electron chi connectivity index (χ1n) is 3.29. The zero-order valence-electron chi connectivity index (χ0n) is 7.18. The zero-order valence-corrected chi connectivity index (χ0v) is 12.9. The Hall–Kier alpha value is 0.714. The fraction of sp³-hybridized carbons (Fsp3) is 0.333. The van der Waals surface area contributed by atoms with Gasteiger partial charge < -0.3 is 4.42 Å². The summed E-state index contributed by atoms with van der Waals surface area (Å²) in [6.45, 7) is 1.18. The van der Waals surface area contributed by atoms with Crippen LogP contribution in [0.4, 0.5) is 13.2 Å². The van der Waals surface area contributed by atoms with E-state index in [4.69, 9.17) is 0 Å². The van der Waals surface area contributed by atoms with Crippen molar-refractivity contribution < 1.29 is 27.1 Å². The number of hydrogen-bond acceptors (Lipinski definition) is 3. The van der Waals surface area contributed by atoms with Crippen molar-refractivity contribution in [3.63, 3.8) is 0 Å². The molecule has 0 saturated heterocycles. The predicted molar refractivity (Wildman–Crippen MR) is 60.6 cm³/mol. The monoisotopic (exact) mass is 484 g/mol. The van der Waals surface area contributed by atoms with Crippen LogP contribution in [-0.2, 0) is 15.6 Å². The molecule has 0 N–H and O–H groups in total. The van der Waals surface area contributed by atoms with Gasteiger partial charge in [0.05, 0.1) is 6.07 Å². The summed E-state index contributed by atoms with van der Waals surface area (Å²) in [5, 5.41) is 0. The Bertz CT molecular complexity index is 368. The van der Waals surface area contributed by atoms with Crippen LogP contribution in [-0.4, -0.2) is 4.98 Å². The minimum absolute atomic E-state index is 0.296. The van der Waals surface area contributed by atoms with Gasteiger partial charge in [0.25, 0.3) is 0 Å². The van der Waals surface area contributed by atoms with Gasteiger partial charge in [-0.05, 0) is 0 Å². The third kappa shape index (κ3) is 6.79. The fourth-order valence-electron chi connectivity index (χ4n) is 0.657. The molecule has 0 amide bonds. The molecule has 0 spiro atoms. The van der Waals surface area contributed by atoms with E-state index >= 15 is 0 Å². The van der Waals surface area contributed by atoms with Crippen LogP contribution < -0.4 is 5.63 Å². The van der Waals surface area contributed by atoms with Gasteiger partial charge >= 0.3 is 61.2 Å². The third-order valence-electron chi connectivity index (χ3n) is 1.07. The Morgan fingerprint density at radius 1 is 1.47 bits per heavy atom. The number of nitrogens with zero attached hydrogens (tertiary/aromatic N) is 1. The quantitative estimate of drug-likeness (QED) is 0.533. The van der Waals surface area contributed by atoms with E-state index in [0.717, 1.165) is 0 Å². The molecular weight excluding hydrogens is 480 g/mol. The molecule has 0 fully saturated rings. The normalized spacial score (nSPS) is 10.3. The molecule has 1 aromatic heterocycles. The van der Waals surface area contributed by atoms with Crippen molar-refractivity contribution in [3.8, 4) is 0 Å². The summed E-state index contributed by atoms with van der Waals surface area (Å²) in [5.74, 6) is -0.296. The van der Waals surface area contributed by atoms with Gasteiger partial charge in [-0.3, -0.25) is 0 Å². The second kappa shape index (κ2) is 7.12. The first kappa shape index (κ1) is 15.7. The number of alkyl halides is 3. The van der Waals surface area contributed by atoms with Crippen LogP contribution >= 0.6 is 40.0 Å². The number of hydrogen-bond donors (Lipinski definition) is 0. The molecule has 0 radical (unpaired) electrons. The first-order valence-corrected chi connectivity index (χ1v) is 12.3. The summed E-state index contributed by atoms with van der Waals surface area (Å²) >= 11 is 4.74. The van der Waals surface area contributed by atoms with Crippen molar-refractivity contribution >= 4 is 40.0 Å². The Kier molecular flexibility index (Phi) is 7.46. The van der Waals surface area contributed by atoms with Gasteiger partial charge in [-0.25, -0.2) is 9.78 Å². The van der Waals surface area contributed by atoms with Gasteiger partial charge in [-0.15, -0.1) is 0 Å². The molecule has 85 valence electrons. The molecule has 1 heterocycles. The molecule has 0 aliphatic heterocycles. The second-order valence-corrected chi connectivity index (χ2v) is 13.9. The maximum atomic E-state index is 11.9. The van der Waals surface area contributed by atoms with Crippen molar-refractivity contribution in [1.29, 1.82) is 0 Å². The van der Waals surface area contributed by atoms with E-state index in [9.17, 15) is 18.0 Å². The van der Waals surface area contributed by atoms with Gasteiger partial charge in [0.1, 0.15) is 0 Å². The first-order chi connectivity index (χ1) is 6.81. The van der Waals surface area contributed by atoms with Crippen molar-refractivity contribution in [2.45, 2.75) is 13.1 Å². The van der Waals surface area contributed by atoms with Crippen molar-refractivity contribution in [2.24, 2.45) is 0 Å². The molecule has 0 saturated carbocycles. The summed E-state index contributed by atoms with van der Waals surface area (Å²) in [4.78, 5) is 13.5. The van der Waals surface area contributed by atoms with Crippen LogP contribution in [0.3, 0.4) is 0 Å². The number of aromatic nitrogens is 1. The molecule has 1 rings (SSSR count). The fourth-order valence-corrected chi connectivity index (χ4v) is 0.657. The van der Waals surface area contributed by atoms with Crippen LogP contribution in [0, 0.1) is 6.92 Å². The third-order valence-corrected chi connectivity index (χ3v) is 1.07. The Morgan fingerprint density at radius 3 is 2.27 bits per heavy atom. The topological polar surface area (TPSA) is 43.1 Å². The van der Waals surface area contributed by atoms with Gasteiger partial charge in [0, 0.05) is 6.92 Å². The molecule has 15 heavy (non-hydrogen) atoms. The Balaban J connectivity index is 0.000000583. The van der Waals surface area contributed by atoms with E-state index in [1.54, 1.807) is 0 Å².